The van der Waals surface area contributed by atoms with Crippen molar-refractivity contribution in [2.75, 3.05) is 5.32 Å². The number of carbonyl (C=O) groups excluding carboxylic acids is 1. The van der Waals surface area contributed by atoms with Gasteiger partial charge in [-0.05, 0) is 41.8 Å². The van der Waals surface area contributed by atoms with Crippen molar-refractivity contribution in [3.8, 4) is 5.75 Å². The van der Waals surface area contributed by atoms with Crippen molar-refractivity contribution >= 4 is 46.3 Å². The van der Waals surface area contributed by atoms with Crippen LogP contribution in [0.5, 0.6) is 5.75 Å². The molecule has 122 valence electrons. The van der Waals surface area contributed by atoms with Gasteiger partial charge in [-0.2, -0.15) is 0 Å². The fourth-order valence-electron chi connectivity index (χ4n) is 2.12. The molecular weight excluding hydrogens is 362 g/mol. The Morgan fingerprint density at radius 3 is 2.79 bits per heavy atom. The van der Waals surface area contributed by atoms with Crippen LogP contribution in [0.3, 0.4) is 0 Å². The maximum Gasteiger partial charge on any atom is 0.256 e. The SMILES string of the molecule is O=C(Nc1cc(Cl)ccc1O)c1ccccc1SCc1cccs1. The van der Waals surface area contributed by atoms with Crippen molar-refractivity contribution in [3.05, 3.63) is 75.4 Å². The van der Waals surface area contributed by atoms with Gasteiger partial charge in [0.15, 0.2) is 0 Å². The zero-order valence-electron chi connectivity index (χ0n) is 12.5. The molecule has 0 bridgehead atoms. The van der Waals surface area contributed by atoms with E-state index < -0.39 is 0 Å². The molecular formula is C18H14ClNO2S2. The van der Waals surface area contributed by atoms with Crippen LogP contribution < -0.4 is 5.32 Å². The number of hydrogen-bond donors (Lipinski definition) is 2. The topological polar surface area (TPSA) is 49.3 Å². The second-order valence-corrected chi connectivity index (χ2v) is 7.47. The van der Waals surface area contributed by atoms with Crippen molar-refractivity contribution in [1.82, 2.24) is 0 Å². The highest BCUT2D eigenvalue weighted by Crippen LogP contribution is 2.30. The molecule has 1 aromatic heterocycles. The van der Waals surface area contributed by atoms with Crippen LogP contribution in [0.4, 0.5) is 5.69 Å². The summed E-state index contributed by atoms with van der Waals surface area (Å²) >= 11 is 9.22. The third-order valence-corrected chi connectivity index (χ3v) is 5.71. The summed E-state index contributed by atoms with van der Waals surface area (Å²) in [6.45, 7) is 0. The standard InChI is InChI=1S/C18H14ClNO2S2/c19-12-7-8-16(21)15(10-12)20-18(22)14-5-1-2-6-17(14)24-11-13-4-3-9-23-13/h1-10,21H,11H2,(H,20,22). The van der Waals surface area contributed by atoms with E-state index in [0.717, 1.165) is 10.6 Å². The molecule has 0 aliphatic carbocycles. The molecule has 3 rings (SSSR count). The Balaban J connectivity index is 1.78. The summed E-state index contributed by atoms with van der Waals surface area (Å²) in [5, 5.41) is 15.1. The monoisotopic (exact) mass is 375 g/mol. The molecule has 6 heteroatoms. The van der Waals surface area contributed by atoms with E-state index in [4.69, 9.17) is 11.6 Å². The Hall–Kier alpha value is -1.95. The molecule has 0 atom stereocenters. The lowest BCUT2D eigenvalue weighted by atomic mass is 10.2. The average Bonchev–Trinajstić information content (AvgIpc) is 3.10. The number of amides is 1. The molecule has 1 amide bonds. The summed E-state index contributed by atoms with van der Waals surface area (Å²) in [5.74, 6) is 0.517. The highest BCUT2D eigenvalue weighted by Gasteiger charge is 2.14. The summed E-state index contributed by atoms with van der Waals surface area (Å²) in [7, 11) is 0. The van der Waals surface area contributed by atoms with Gasteiger partial charge in [-0.25, -0.2) is 0 Å². The molecule has 24 heavy (non-hydrogen) atoms. The lowest BCUT2D eigenvalue weighted by Crippen LogP contribution is -2.13. The first-order chi connectivity index (χ1) is 11.6. The number of halogens is 1. The van der Waals surface area contributed by atoms with Crippen molar-refractivity contribution in [2.24, 2.45) is 0 Å². The van der Waals surface area contributed by atoms with Gasteiger partial charge in [0, 0.05) is 20.5 Å². The Morgan fingerprint density at radius 1 is 1.17 bits per heavy atom. The molecule has 2 N–H and O–H groups in total. The molecule has 3 nitrogen and oxygen atoms in total. The van der Waals surface area contributed by atoms with Crippen molar-refractivity contribution in [2.45, 2.75) is 10.6 Å². The number of aromatic hydroxyl groups is 1. The minimum Gasteiger partial charge on any atom is -0.506 e. The van der Waals surface area contributed by atoms with Crippen molar-refractivity contribution in [3.63, 3.8) is 0 Å². The largest absolute Gasteiger partial charge is 0.506 e. The number of rotatable bonds is 5. The summed E-state index contributed by atoms with van der Waals surface area (Å²) in [4.78, 5) is 14.7. The molecule has 0 aliphatic heterocycles. The zero-order valence-corrected chi connectivity index (χ0v) is 14.9. The van der Waals surface area contributed by atoms with E-state index in [1.54, 1.807) is 35.2 Å². The van der Waals surface area contributed by atoms with Crippen LogP contribution in [0.2, 0.25) is 5.02 Å². The molecule has 1 heterocycles. The van der Waals surface area contributed by atoms with E-state index >= 15 is 0 Å². The summed E-state index contributed by atoms with van der Waals surface area (Å²) < 4.78 is 0. The summed E-state index contributed by atoms with van der Waals surface area (Å²) in [5.41, 5.74) is 0.865. The number of hydrogen-bond acceptors (Lipinski definition) is 4. The number of thioether (sulfide) groups is 1. The van der Waals surface area contributed by atoms with Gasteiger partial charge >= 0.3 is 0 Å². The van der Waals surface area contributed by atoms with Gasteiger partial charge in [-0.3, -0.25) is 4.79 Å². The third-order valence-electron chi connectivity index (χ3n) is 3.29. The number of benzene rings is 2. The molecule has 0 unspecified atom stereocenters. The number of nitrogens with one attached hydrogen (secondary N) is 1. The van der Waals surface area contributed by atoms with Gasteiger partial charge in [0.1, 0.15) is 5.75 Å². The van der Waals surface area contributed by atoms with E-state index in [1.165, 1.54) is 17.0 Å². The van der Waals surface area contributed by atoms with Crippen LogP contribution in [0.15, 0.2) is 64.9 Å². The van der Waals surface area contributed by atoms with Crippen LogP contribution in [0.1, 0.15) is 15.2 Å². The molecule has 0 saturated heterocycles. The maximum absolute atomic E-state index is 12.6. The number of carbonyl (C=O) groups is 1. The molecule has 0 fully saturated rings. The number of phenolic OH excluding ortho intramolecular Hbond substituents is 1. The van der Waals surface area contributed by atoms with E-state index in [0.29, 0.717) is 16.3 Å². The Bertz CT molecular complexity index is 850. The number of thiophene rings is 1. The minimum absolute atomic E-state index is 0.0172. The van der Waals surface area contributed by atoms with Crippen molar-refractivity contribution in [1.29, 1.82) is 0 Å². The number of phenols is 1. The maximum atomic E-state index is 12.6. The van der Waals surface area contributed by atoms with Crippen LogP contribution in [0, 0.1) is 0 Å². The Kier molecular flexibility index (Phi) is 5.45. The van der Waals surface area contributed by atoms with E-state index in [2.05, 4.69) is 11.4 Å². The fourth-order valence-corrected chi connectivity index (χ4v) is 4.12. The van der Waals surface area contributed by atoms with Gasteiger partial charge in [-0.1, -0.05) is 29.8 Å². The van der Waals surface area contributed by atoms with E-state index in [9.17, 15) is 9.90 Å². The van der Waals surface area contributed by atoms with Gasteiger partial charge in [-0.15, -0.1) is 23.1 Å². The summed E-state index contributed by atoms with van der Waals surface area (Å²) in [6.07, 6.45) is 0. The van der Waals surface area contributed by atoms with Crippen LogP contribution >= 0.6 is 34.7 Å². The normalized spacial score (nSPS) is 10.5. The quantitative estimate of drug-likeness (QED) is 0.447. The Labute approximate surface area is 153 Å². The Morgan fingerprint density at radius 2 is 2.00 bits per heavy atom. The second-order valence-electron chi connectivity index (χ2n) is 4.98. The van der Waals surface area contributed by atoms with E-state index in [1.807, 2.05) is 29.6 Å². The van der Waals surface area contributed by atoms with Crippen LogP contribution in [0.25, 0.3) is 0 Å². The highest BCUT2D eigenvalue weighted by atomic mass is 35.5. The zero-order chi connectivity index (χ0) is 16.9. The van der Waals surface area contributed by atoms with Crippen LogP contribution in [-0.4, -0.2) is 11.0 Å². The predicted octanol–water partition coefficient (Wildman–Crippen LogP) is 5.65. The lowest BCUT2D eigenvalue weighted by molar-refractivity contribution is 0.102. The first kappa shape index (κ1) is 16.9. The first-order valence-electron chi connectivity index (χ1n) is 7.17. The summed E-state index contributed by atoms with van der Waals surface area (Å²) in [6, 6.07) is 16.1. The molecule has 0 spiro atoms. The van der Waals surface area contributed by atoms with E-state index in [-0.39, 0.29) is 11.7 Å². The molecule has 2 aromatic carbocycles. The fraction of sp³-hybridized carbons (Fsp3) is 0.0556. The minimum atomic E-state index is -0.276. The molecule has 0 aliphatic rings. The highest BCUT2D eigenvalue weighted by molar-refractivity contribution is 7.98. The smallest absolute Gasteiger partial charge is 0.256 e. The van der Waals surface area contributed by atoms with Gasteiger partial charge < -0.3 is 10.4 Å². The number of anilines is 1. The van der Waals surface area contributed by atoms with Gasteiger partial charge in [0.05, 0.1) is 11.3 Å². The average molecular weight is 376 g/mol. The third kappa shape index (κ3) is 4.12. The van der Waals surface area contributed by atoms with Crippen molar-refractivity contribution < 1.29 is 9.90 Å². The molecule has 3 aromatic rings. The second kappa shape index (κ2) is 7.75. The predicted molar refractivity (Wildman–Crippen MR) is 101 cm³/mol. The molecule has 0 radical (unpaired) electrons. The first-order valence-corrected chi connectivity index (χ1v) is 9.42. The van der Waals surface area contributed by atoms with Gasteiger partial charge in [0.2, 0.25) is 0 Å². The van der Waals surface area contributed by atoms with Gasteiger partial charge in [0.25, 0.3) is 5.91 Å². The molecule has 0 saturated carbocycles. The van der Waals surface area contributed by atoms with Crippen LogP contribution in [-0.2, 0) is 5.75 Å². The lowest BCUT2D eigenvalue weighted by Gasteiger charge is -2.11.